The van der Waals surface area contributed by atoms with Crippen molar-refractivity contribution in [2.75, 3.05) is 20.1 Å². The molecule has 0 saturated carbocycles. The summed E-state index contributed by atoms with van der Waals surface area (Å²) in [6.45, 7) is 0.956. The van der Waals surface area contributed by atoms with Crippen LogP contribution >= 0.6 is 12.0 Å². The van der Waals surface area contributed by atoms with Gasteiger partial charge in [-0.15, -0.1) is 0 Å². The molecule has 0 amide bonds. The molecule has 0 aliphatic carbocycles. The fraction of sp³-hybridized carbons (Fsp3) is 0.0976. The van der Waals surface area contributed by atoms with Crippen LogP contribution in [0.3, 0.4) is 0 Å². The maximum absolute atomic E-state index is 17.6. The van der Waals surface area contributed by atoms with Gasteiger partial charge in [-0.25, -0.2) is 32.3 Å². The first kappa shape index (κ1) is 36.1. The van der Waals surface area contributed by atoms with E-state index in [0.29, 0.717) is 47.6 Å². The average Bonchev–Trinajstić information content (AvgIpc) is 3.65. The summed E-state index contributed by atoms with van der Waals surface area (Å²) in [6, 6.07) is 25.5. The second-order valence-electron chi connectivity index (χ2n) is 12.6. The third-order valence-electron chi connectivity index (χ3n) is 9.26. The standard InChI is InChI=1S/C41H25F4N5O5S/c1-50-17-16-47-38(50)26-19-25-13-15-29(26)53-36-33(44)35(31-27(42)21-48-39(32(31)43)54-30-18-22(20-46)12-14-28(30)51)49-37(34(36)45)41(40(52)55-56-25,23-8-4-2-5-9-23)24-10-6-3-7-11-24/h2-15,18-19,21,51H,16-17H2,1H3. The predicted molar refractivity (Wildman–Crippen MR) is 195 cm³/mol. The van der Waals surface area contributed by atoms with Crippen LogP contribution in [-0.2, 0) is 14.4 Å². The first-order chi connectivity index (χ1) is 27.1. The number of halogens is 4. The summed E-state index contributed by atoms with van der Waals surface area (Å²) in [5, 5.41) is 19.7. The van der Waals surface area contributed by atoms with Crippen LogP contribution in [0.15, 0.2) is 113 Å². The lowest BCUT2D eigenvalue weighted by Crippen LogP contribution is -2.41. The number of fused-ring (bicyclic) bond motifs is 5. The second-order valence-corrected chi connectivity index (χ2v) is 13.4. The molecule has 4 aromatic carbocycles. The molecule has 0 spiro atoms. The lowest BCUT2D eigenvalue weighted by Gasteiger charge is -2.33. The lowest BCUT2D eigenvalue weighted by molar-refractivity contribution is -0.136. The molecule has 0 atom stereocenters. The van der Waals surface area contributed by atoms with E-state index in [-0.39, 0.29) is 22.4 Å². The van der Waals surface area contributed by atoms with Crippen molar-refractivity contribution in [2.45, 2.75) is 10.3 Å². The molecule has 0 radical (unpaired) electrons. The van der Waals surface area contributed by atoms with Crippen molar-refractivity contribution in [3.8, 4) is 46.2 Å². The summed E-state index contributed by atoms with van der Waals surface area (Å²) >= 11 is 0.676. The van der Waals surface area contributed by atoms with Crippen LogP contribution < -0.4 is 9.47 Å². The number of amidine groups is 1. The Labute approximate surface area is 320 Å². The third-order valence-corrected chi connectivity index (χ3v) is 9.94. The van der Waals surface area contributed by atoms with Gasteiger partial charge in [0, 0.05) is 24.6 Å². The molecule has 4 bridgehead atoms. The van der Waals surface area contributed by atoms with Crippen LogP contribution in [-0.4, -0.2) is 51.9 Å². The van der Waals surface area contributed by atoms with Gasteiger partial charge in [-0.05, 0) is 41.5 Å². The number of nitrogens with zero attached hydrogens (tertiary/aromatic N) is 5. The van der Waals surface area contributed by atoms with Crippen LogP contribution in [0.5, 0.6) is 28.9 Å². The Morgan fingerprint density at radius 2 is 1.64 bits per heavy atom. The Kier molecular flexibility index (Phi) is 9.27. The molecule has 9 rings (SSSR count). The SMILES string of the molecule is CN1CCN=C1c1cc2ccc1Oc1c(F)c(-c3c(F)cnc(Oc4cc(C#N)ccc4O)c3F)nc(c1F)C(c1ccccc1)(c1ccccc1)C(=O)OS2. The quantitative estimate of drug-likeness (QED) is 0.130. The number of hydrogen-bond acceptors (Lipinski definition) is 11. The van der Waals surface area contributed by atoms with Crippen LogP contribution in [0.25, 0.3) is 11.3 Å². The number of ether oxygens (including phenoxy) is 2. The van der Waals surface area contributed by atoms with E-state index < -0.39 is 74.7 Å². The number of carbonyl (C=O) groups excluding carboxylic acids is 1. The number of aromatic nitrogens is 2. The number of aromatic hydroxyl groups is 1. The van der Waals surface area contributed by atoms with E-state index in [1.165, 1.54) is 42.5 Å². The van der Waals surface area contributed by atoms with Gasteiger partial charge < -0.3 is 23.7 Å². The smallest absolute Gasteiger partial charge is 0.339 e. The van der Waals surface area contributed by atoms with Crippen molar-refractivity contribution in [1.29, 1.82) is 5.26 Å². The van der Waals surface area contributed by atoms with Gasteiger partial charge in [-0.3, -0.25) is 4.99 Å². The Morgan fingerprint density at radius 3 is 2.30 bits per heavy atom. The van der Waals surface area contributed by atoms with Gasteiger partial charge in [0.1, 0.15) is 23.0 Å². The van der Waals surface area contributed by atoms with Crippen molar-refractivity contribution in [2.24, 2.45) is 4.99 Å². The molecule has 15 heteroatoms. The molecule has 278 valence electrons. The molecule has 3 aliphatic rings. The van der Waals surface area contributed by atoms with E-state index in [9.17, 15) is 15.2 Å². The molecular formula is C41H25F4N5O5S. The molecule has 6 aromatic rings. The number of carbonyl (C=O) groups is 1. The highest BCUT2D eigenvalue weighted by molar-refractivity contribution is 7.95. The summed E-state index contributed by atoms with van der Waals surface area (Å²) in [6.07, 6.45) is 0.513. The minimum Gasteiger partial charge on any atom is -0.504 e. The van der Waals surface area contributed by atoms with E-state index >= 15 is 17.6 Å². The van der Waals surface area contributed by atoms with Crippen molar-refractivity contribution in [3.63, 3.8) is 0 Å². The van der Waals surface area contributed by atoms with E-state index in [0.717, 1.165) is 12.1 Å². The molecule has 0 saturated heterocycles. The lowest BCUT2D eigenvalue weighted by atomic mass is 9.71. The average molecular weight is 776 g/mol. The Balaban J connectivity index is 1.45. The molecule has 5 heterocycles. The first-order valence-electron chi connectivity index (χ1n) is 16.8. The monoisotopic (exact) mass is 775 g/mol. The summed E-state index contributed by atoms with van der Waals surface area (Å²) in [7, 11) is 1.77. The number of nitriles is 1. The number of likely N-dealkylation sites (N-methyl/N-ethyl adjacent to an activating group) is 1. The van der Waals surface area contributed by atoms with Crippen LogP contribution in [0.2, 0.25) is 0 Å². The molecular weight excluding hydrogens is 751 g/mol. The Hall–Kier alpha value is -6.92. The Bertz CT molecular complexity index is 2590. The van der Waals surface area contributed by atoms with E-state index in [4.69, 9.17) is 13.7 Å². The zero-order valence-corrected chi connectivity index (χ0v) is 29.8. The second kappa shape index (κ2) is 14.4. The van der Waals surface area contributed by atoms with Crippen molar-refractivity contribution < 1.29 is 41.1 Å². The summed E-state index contributed by atoms with van der Waals surface area (Å²) < 4.78 is 84.9. The number of hydrogen-bond donors (Lipinski definition) is 1. The molecule has 0 fully saturated rings. The molecule has 10 nitrogen and oxygen atoms in total. The predicted octanol–water partition coefficient (Wildman–Crippen LogP) is 8.45. The number of pyridine rings is 2. The van der Waals surface area contributed by atoms with Gasteiger partial charge in [-0.1, -0.05) is 60.7 Å². The van der Waals surface area contributed by atoms with Crippen LogP contribution in [0, 0.1) is 34.6 Å². The highest BCUT2D eigenvalue weighted by Crippen LogP contribution is 2.48. The first-order valence-corrected chi connectivity index (χ1v) is 17.6. The van der Waals surface area contributed by atoms with Crippen molar-refractivity contribution >= 4 is 23.8 Å². The molecule has 56 heavy (non-hydrogen) atoms. The zero-order chi connectivity index (χ0) is 39.1. The van der Waals surface area contributed by atoms with Gasteiger partial charge in [0.25, 0.3) is 5.88 Å². The summed E-state index contributed by atoms with van der Waals surface area (Å²) in [5.41, 5.74) is -4.88. The van der Waals surface area contributed by atoms with Crippen molar-refractivity contribution in [1.82, 2.24) is 14.9 Å². The van der Waals surface area contributed by atoms with Gasteiger partial charge in [0.2, 0.25) is 5.75 Å². The van der Waals surface area contributed by atoms with Crippen molar-refractivity contribution in [3.05, 3.63) is 154 Å². The normalized spacial score (nSPS) is 14.5. The fourth-order valence-corrected chi connectivity index (χ4v) is 7.17. The van der Waals surface area contributed by atoms with Crippen LogP contribution in [0.4, 0.5) is 17.6 Å². The van der Waals surface area contributed by atoms with E-state index in [1.54, 1.807) is 54.4 Å². The number of phenols is 1. The largest absolute Gasteiger partial charge is 0.504 e. The molecule has 2 aromatic heterocycles. The highest BCUT2D eigenvalue weighted by Gasteiger charge is 2.51. The van der Waals surface area contributed by atoms with E-state index in [2.05, 4.69) is 15.0 Å². The molecule has 3 aliphatic heterocycles. The highest BCUT2D eigenvalue weighted by atomic mass is 32.2. The molecule has 1 N–H and O–H groups in total. The van der Waals surface area contributed by atoms with Gasteiger partial charge in [0.05, 0.1) is 47.5 Å². The summed E-state index contributed by atoms with van der Waals surface area (Å²) in [4.78, 5) is 29.6. The number of benzene rings is 4. The Morgan fingerprint density at radius 1 is 0.929 bits per heavy atom. The van der Waals surface area contributed by atoms with Crippen LogP contribution in [0.1, 0.15) is 27.9 Å². The maximum Gasteiger partial charge on any atom is 0.339 e. The maximum atomic E-state index is 17.6. The topological polar surface area (TPSA) is 130 Å². The van der Waals surface area contributed by atoms with Gasteiger partial charge >= 0.3 is 5.97 Å². The minimum absolute atomic E-state index is 0.0248. The van der Waals surface area contributed by atoms with Gasteiger partial charge in [0.15, 0.2) is 40.2 Å². The number of aliphatic imine (C=N–C) groups is 1. The zero-order valence-electron chi connectivity index (χ0n) is 29.0. The number of rotatable bonds is 6. The van der Waals surface area contributed by atoms with Gasteiger partial charge in [-0.2, -0.15) is 5.26 Å². The van der Waals surface area contributed by atoms with E-state index in [1.807, 2.05) is 6.07 Å². The number of phenolic OH excluding ortho intramolecular Hbond substituents is 1. The minimum atomic E-state index is -2.33. The summed E-state index contributed by atoms with van der Waals surface area (Å²) in [5.74, 6) is -9.95. The molecule has 0 unspecified atom stereocenters. The third kappa shape index (κ3) is 6.00. The fourth-order valence-electron chi connectivity index (χ4n) is 6.59.